The summed E-state index contributed by atoms with van der Waals surface area (Å²) in [5, 5.41) is 2.91. The zero-order chi connectivity index (χ0) is 10.2. The molecule has 0 bridgehead atoms. The molecule has 0 fully saturated rings. The Labute approximate surface area is 84.3 Å². The van der Waals surface area contributed by atoms with E-state index >= 15 is 0 Å². The highest BCUT2D eigenvalue weighted by atomic mass is 16.1. The minimum atomic E-state index is 0.0128. The van der Waals surface area contributed by atoms with Gasteiger partial charge in [-0.2, -0.15) is 0 Å². The first-order chi connectivity index (χ1) is 6.65. The van der Waals surface area contributed by atoms with Crippen molar-refractivity contribution in [1.82, 2.24) is 0 Å². The predicted molar refractivity (Wildman–Crippen MR) is 57.3 cm³/mol. The highest BCUT2D eigenvalue weighted by Crippen LogP contribution is 2.39. The summed E-state index contributed by atoms with van der Waals surface area (Å²) in [4.78, 5) is 11.5. The Morgan fingerprint density at radius 1 is 1.43 bits per heavy atom. The molecule has 1 aliphatic heterocycles. The maximum absolute atomic E-state index is 11.5. The van der Waals surface area contributed by atoms with Gasteiger partial charge in [0.2, 0.25) is 5.91 Å². The van der Waals surface area contributed by atoms with Gasteiger partial charge in [-0.25, -0.2) is 0 Å². The van der Waals surface area contributed by atoms with Gasteiger partial charge < -0.3 is 5.32 Å². The number of carbonyl (C=O) groups excluding carboxylic acids is 1. The molecule has 74 valence electrons. The van der Waals surface area contributed by atoms with Gasteiger partial charge in [0.15, 0.2) is 0 Å². The van der Waals surface area contributed by atoms with Crippen LogP contribution in [0.1, 0.15) is 32.3 Å². The van der Waals surface area contributed by atoms with Gasteiger partial charge in [-0.3, -0.25) is 4.79 Å². The molecule has 2 heteroatoms. The Kier molecular flexibility index (Phi) is 2.06. The molecule has 1 heterocycles. The third kappa shape index (κ3) is 1.31. The Bertz CT molecular complexity index is 372. The number of nitrogens with one attached hydrogen (secondary N) is 1. The fraction of sp³-hybridized carbons (Fsp3) is 0.417. The van der Waals surface area contributed by atoms with E-state index in [4.69, 9.17) is 0 Å². The number of hydrogen-bond acceptors (Lipinski definition) is 1. The molecule has 0 aliphatic carbocycles. The zero-order valence-corrected chi connectivity index (χ0v) is 8.63. The Balaban J connectivity index is 2.54. The molecule has 1 aromatic carbocycles. The summed E-state index contributed by atoms with van der Waals surface area (Å²) in [7, 11) is 0. The van der Waals surface area contributed by atoms with Gasteiger partial charge in [0.05, 0.1) is 0 Å². The van der Waals surface area contributed by atoms with Crippen molar-refractivity contribution in [1.29, 1.82) is 0 Å². The second-order valence-corrected chi connectivity index (χ2v) is 4.18. The van der Waals surface area contributed by atoms with E-state index in [1.807, 2.05) is 18.2 Å². The molecule has 1 atom stereocenters. The molecule has 1 aliphatic rings. The van der Waals surface area contributed by atoms with Crippen molar-refractivity contribution in [2.45, 2.75) is 32.1 Å². The van der Waals surface area contributed by atoms with Crippen LogP contribution in [0.15, 0.2) is 24.3 Å². The van der Waals surface area contributed by atoms with Crippen molar-refractivity contribution in [3.63, 3.8) is 0 Å². The van der Waals surface area contributed by atoms with E-state index < -0.39 is 0 Å². The second-order valence-electron chi connectivity index (χ2n) is 4.18. The topological polar surface area (TPSA) is 29.1 Å². The van der Waals surface area contributed by atoms with Crippen LogP contribution < -0.4 is 5.32 Å². The van der Waals surface area contributed by atoms with Gasteiger partial charge in [0.1, 0.15) is 0 Å². The smallest absolute Gasteiger partial charge is 0.225 e. The molecular weight excluding hydrogens is 174 g/mol. The van der Waals surface area contributed by atoms with Gasteiger partial charge in [0, 0.05) is 17.5 Å². The van der Waals surface area contributed by atoms with Crippen LogP contribution in [-0.2, 0) is 10.2 Å². The lowest BCUT2D eigenvalue weighted by atomic mass is 9.74. The SMILES string of the molecule is CC[C@@]1(C)CC(=O)Nc2ccccc21. The zero-order valence-electron chi connectivity index (χ0n) is 8.63. The van der Waals surface area contributed by atoms with Crippen LogP contribution in [0.25, 0.3) is 0 Å². The summed E-state index contributed by atoms with van der Waals surface area (Å²) < 4.78 is 0. The molecule has 0 radical (unpaired) electrons. The molecule has 14 heavy (non-hydrogen) atoms. The third-order valence-corrected chi connectivity index (χ3v) is 3.18. The lowest BCUT2D eigenvalue weighted by molar-refractivity contribution is -0.117. The number of rotatable bonds is 1. The average Bonchev–Trinajstić information content (AvgIpc) is 2.17. The highest BCUT2D eigenvalue weighted by molar-refractivity contribution is 5.95. The van der Waals surface area contributed by atoms with Gasteiger partial charge in [0.25, 0.3) is 0 Å². The van der Waals surface area contributed by atoms with Gasteiger partial charge in [-0.15, -0.1) is 0 Å². The van der Waals surface area contributed by atoms with Gasteiger partial charge in [-0.05, 0) is 18.1 Å². The van der Waals surface area contributed by atoms with Gasteiger partial charge in [-0.1, -0.05) is 32.0 Å². The van der Waals surface area contributed by atoms with E-state index in [-0.39, 0.29) is 11.3 Å². The highest BCUT2D eigenvalue weighted by Gasteiger charge is 2.33. The Hall–Kier alpha value is -1.31. The van der Waals surface area contributed by atoms with Gasteiger partial charge >= 0.3 is 0 Å². The van der Waals surface area contributed by atoms with E-state index in [0.717, 1.165) is 12.1 Å². The first-order valence-electron chi connectivity index (χ1n) is 5.05. The summed E-state index contributed by atoms with van der Waals surface area (Å²) >= 11 is 0. The molecular formula is C12H15NO. The summed E-state index contributed by atoms with van der Waals surface area (Å²) in [6.07, 6.45) is 1.60. The number of fused-ring (bicyclic) bond motifs is 1. The maximum Gasteiger partial charge on any atom is 0.225 e. The first-order valence-corrected chi connectivity index (χ1v) is 5.05. The largest absolute Gasteiger partial charge is 0.326 e. The fourth-order valence-electron chi connectivity index (χ4n) is 2.08. The first kappa shape index (κ1) is 9.25. The molecule has 1 aromatic rings. The van der Waals surface area contributed by atoms with Crippen LogP contribution in [0, 0.1) is 0 Å². The minimum Gasteiger partial charge on any atom is -0.326 e. The minimum absolute atomic E-state index is 0.0128. The standard InChI is InChI=1S/C12H15NO/c1-3-12(2)8-11(14)13-10-7-5-4-6-9(10)12/h4-7H,3,8H2,1-2H3,(H,13,14)/t12-/m0/s1. The van der Waals surface area contributed by atoms with Crippen LogP contribution in [0.5, 0.6) is 0 Å². The lowest BCUT2D eigenvalue weighted by Crippen LogP contribution is -2.34. The molecule has 0 saturated heterocycles. The molecule has 2 rings (SSSR count). The van der Waals surface area contributed by atoms with E-state index in [9.17, 15) is 4.79 Å². The van der Waals surface area contributed by atoms with Crippen LogP contribution in [0.2, 0.25) is 0 Å². The number of para-hydroxylation sites is 1. The molecule has 0 spiro atoms. The van der Waals surface area contributed by atoms with Crippen molar-refractivity contribution in [3.05, 3.63) is 29.8 Å². The third-order valence-electron chi connectivity index (χ3n) is 3.18. The van der Waals surface area contributed by atoms with E-state index in [1.165, 1.54) is 5.56 Å². The lowest BCUT2D eigenvalue weighted by Gasteiger charge is -2.34. The predicted octanol–water partition coefficient (Wildman–Crippen LogP) is 2.70. The van der Waals surface area contributed by atoms with Crippen molar-refractivity contribution in [2.75, 3.05) is 5.32 Å². The average molecular weight is 189 g/mol. The second kappa shape index (κ2) is 3.12. The van der Waals surface area contributed by atoms with E-state index in [1.54, 1.807) is 0 Å². The monoisotopic (exact) mass is 189 g/mol. The number of amides is 1. The Morgan fingerprint density at radius 2 is 2.14 bits per heavy atom. The molecule has 1 amide bonds. The quantitative estimate of drug-likeness (QED) is 0.723. The summed E-state index contributed by atoms with van der Waals surface area (Å²) in [5.74, 6) is 0.132. The molecule has 0 saturated carbocycles. The summed E-state index contributed by atoms with van der Waals surface area (Å²) in [6.45, 7) is 4.29. The molecule has 1 N–H and O–H groups in total. The summed E-state index contributed by atoms with van der Waals surface area (Å²) in [5.41, 5.74) is 2.26. The molecule has 0 aromatic heterocycles. The van der Waals surface area contributed by atoms with Crippen molar-refractivity contribution >= 4 is 11.6 Å². The number of benzene rings is 1. The number of carbonyl (C=O) groups is 1. The molecule has 0 unspecified atom stereocenters. The van der Waals surface area contributed by atoms with E-state index in [0.29, 0.717) is 6.42 Å². The van der Waals surface area contributed by atoms with Crippen molar-refractivity contribution in [3.8, 4) is 0 Å². The van der Waals surface area contributed by atoms with Crippen LogP contribution in [0.3, 0.4) is 0 Å². The van der Waals surface area contributed by atoms with Crippen molar-refractivity contribution < 1.29 is 4.79 Å². The maximum atomic E-state index is 11.5. The van der Waals surface area contributed by atoms with Crippen molar-refractivity contribution in [2.24, 2.45) is 0 Å². The summed E-state index contributed by atoms with van der Waals surface area (Å²) in [6, 6.07) is 8.07. The van der Waals surface area contributed by atoms with Crippen LogP contribution in [0.4, 0.5) is 5.69 Å². The normalized spacial score (nSPS) is 25.4. The van der Waals surface area contributed by atoms with Crippen LogP contribution >= 0.6 is 0 Å². The molecule has 2 nitrogen and oxygen atoms in total. The number of hydrogen-bond donors (Lipinski definition) is 1. The van der Waals surface area contributed by atoms with Crippen LogP contribution in [-0.4, -0.2) is 5.91 Å². The van der Waals surface area contributed by atoms with E-state index in [2.05, 4.69) is 25.2 Å². The number of anilines is 1. The fourth-order valence-corrected chi connectivity index (χ4v) is 2.08. The Morgan fingerprint density at radius 3 is 2.86 bits per heavy atom.